The van der Waals surface area contributed by atoms with E-state index in [1.807, 2.05) is 19.1 Å². The third kappa shape index (κ3) is 2.94. The molecule has 0 saturated heterocycles. The number of fused-ring (bicyclic) bond motifs is 1. The minimum Gasteiger partial charge on any atom is -0.323 e. The van der Waals surface area contributed by atoms with E-state index in [1.54, 1.807) is 16.8 Å². The van der Waals surface area contributed by atoms with Gasteiger partial charge in [-0.1, -0.05) is 24.3 Å². The number of aryl methyl sites for hydroxylation is 1. The molecule has 2 heterocycles. The number of hydrogen-bond acceptors (Lipinski definition) is 3. The predicted molar refractivity (Wildman–Crippen MR) is 85.8 cm³/mol. The van der Waals surface area contributed by atoms with Crippen molar-refractivity contribution in [3.8, 4) is 0 Å². The number of hydrogen-bond donors (Lipinski definition) is 2. The number of carbonyl (C=O) groups excluding carboxylic acids is 1. The average molecular weight is 297 g/mol. The summed E-state index contributed by atoms with van der Waals surface area (Å²) in [6, 6.07) is 11.0. The van der Waals surface area contributed by atoms with Gasteiger partial charge in [-0.15, -0.1) is 0 Å². The molecule has 5 heteroatoms. The van der Waals surface area contributed by atoms with Crippen LogP contribution in [0.25, 0.3) is 0 Å². The Bertz CT molecular complexity index is 752. The monoisotopic (exact) mass is 297 g/mol. The zero-order valence-electron chi connectivity index (χ0n) is 12.5. The smallest absolute Gasteiger partial charge is 0.250 e. The van der Waals surface area contributed by atoms with Crippen molar-refractivity contribution < 1.29 is 4.79 Å². The molecule has 0 saturated carbocycles. The van der Waals surface area contributed by atoms with Crippen LogP contribution in [0.2, 0.25) is 0 Å². The zero-order valence-corrected chi connectivity index (χ0v) is 12.5. The molecule has 0 bridgehead atoms. The molecule has 3 rings (SSSR count). The highest BCUT2D eigenvalue weighted by Gasteiger charge is 2.23. The van der Waals surface area contributed by atoms with Gasteiger partial charge < -0.3 is 15.2 Å². The molecule has 1 aliphatic rings. The first-order valence-electron chi connectivity index (χ1n) is 7.49. The van der Waals surface area contributed by atoms with Gasteiger partial charge in [0.05, 0.1) is 11.7 Å². The lowest BCUT2D eigenvalue weighted by Crippen LogP contribution is -2.44. The van der Waals surface area contributed by atoms with Gasteiger partial charge in [0.2, 0.25) is 5.91 Å². The van der Waals surface area contributed by atoms with Crippen molar-refractivity contribution in [3.05, 3.63) is 64.1 Å². The molecular formula is C17H19N3O2. The van der Waals surface area contributed by atoms with Gasteiger partial charge in [0.15, 0.2) is 0 Å². The number of benzene rings is 1. The number of carbonyl (C=O) groups is 1. The van der Waals surface area contributed by atoms with Gasteiger partial charge in [-0.05, 0) is 30.5 Å². The number of nitrogens with one attached hydrogen (secondary N) is 2. The Labute approximate surface area is 129 Å². The van der Waals surface area contributed by atoms with Gasteiger partial charge in [0, 0.05) is 25.4 Å². The Morgan fingerprint density at radius 1 is 1.27 bits per heavy atom. The molecule has 0 fully saturated rings. The molecule has 1 aromatic heterocycles. The number of nitrogens with zero attached hydrogens (tertiary/aromatic N) is 1. The highest BCUT2D eigenvalue weighted by Crippen LogP contribution is 2.17. The van der Waals surface area contributed by atoms with Crippen LogP contribution in [-0.2, 0) is 24.3 Å². The van der Waals surface area contributed by atoms with Gasteiger partial charge in [-0.3, -0.25) is 9.59 Å². The Balaban J connectivity index is 1.72. The highest BCUT2D eigenvalue weighted by atomic mass is 16.2. The first-order valence-corrected chi connectivity index (χ1v) is 7.49. The van der Waals surface area contributed by atoms with Gasteiger partial charge in [0.1, 0.15) is 0 Å². The molecule has 1 unspecified atom stereocenters. The van der Waals surface area contributed by atoms with E-state index in [4.69, 9.17) is 0 Å². The quantitative estimate of drug-likeness (QED) is 0.903. The molecule has 5 nitrogen and oxygen atoms in total. The van der Waals surface area contributed by atoms with Gasteiger partial charge in [0.25, 0.3) is 5.56 Å². The van der Waals surface area contributed by atoms with Crippen LogP contribution in [0.5, 0.6) is 0 Å². The Morgan fingerprint density at radius 3 is 2.82 bits per heavy atom. The Hall–Kier alpha value is -2.40. The summed E-state index contributed by atoms with van der Waals surface area (Å²) in [5.74, 6) is -0.0733. The van der Waals surface area contributed by atoms with E-state index in [-0.39, 0.29) is 17.5 Å². The van der Waals surface area contributed by atoms with Crippen molar-refractivity contribution in [2.24, 2.45) is 0 Å². The number of aromatic nitrogens is 1. The molecule has 1 atom stereocenters. The summed E-state index contributed by atoms with van der Waals surface area (Å²) in [4.78, 5) is 24.0. The maximum absolute atomic E-state index is 12.4. The Kier molecular flexibility index (Phi) is 4.06. The van der Waals surface area contributed by atoms with E-state index in [0.717, 1.165) is 0 Å². The first-order chi connectivity index (χ1) is 10.7. The molecule has 0 radical (unpaired) electrons. The fraction of sp³-hybridized carbons (Fsp3) is 0.294. The number of rotatable bonds is 3. The molecular weight excluding hydrogens is 278 g/mol. The molecule has 1 aliphatic heterocycles. The minimum atomic E-state index is -0.253. The second-order valence-corrected chi connectivity index (χ2v) is 5.44. The maximum Gasteiger partial charge on any atom is 0.250 e. The van der Waals surface area contributed by atoms with Gasteiger partial charge >= 0.3 is 0 Å². The van der Waals surface area contributed by atoms with E-state index in [1.165, 1.54) is 17.2 Å². The highest BCUT2D eigenvalue weighted by molar-refractivity contribution is 5.95. The summed E-state index contributed by atoms with van der Waals surface area (Å²) in [5.41, 5.74) is 3.03. The van der Waals surface area contributed by atoms with Crippen LogP contribution in [-0.4, -0.2) is 16.5 Å². The standard InChI is InChI=1S/C17H19N3O2/c1-2-20-11-14(7-8-16(20)21)19-17(22)15-9-12-5-3-4-6-13(12)10-18-15/h3-8,11,15,18H,2,9-10H2,1H3,(H,19,22). The largest absolute Gasteiger partial charge is 0.323 e. The van der Waals surface area contributed by atoms with Crippen LogP contribution in [0.3, 0.4) is 0 Å². The molecule has 22 heavy (non-hydrogen) atoms. The second-order valence-electron chi connectivity index (χ2n) is 5.44. The first kappa shape index (κ1) is 14.5. The fourth-order valence-electron chi connectivity index (χ4n) is 2.72. The summed E-state index contributed by atoms with van der Waals surface area (Å²) in [6.45, 7) is 3.17. The third-order valence-corrected chi connectivity index (χ3v) is 3.99. The summed E-state index contributed by atoms with van der Waals surface area (Å²) < 4.78 is 1.57. The van der Waals surface area contributed by atoms with E-state index in [2.05, 4.69) is 22.8 Å². The van der Waals surface area contributed by atoms with Gasteiger partial charge in [-0.2, -0.15) is 0 Å². The van der Waals surface area contributed by atoms with Crippen LogP contribution in [0.1, 0.15) is 18.1 Å². The van der Waals surface area contributed by atoms with Crippen molar-refractivity contribution in [2.45, 2.75) is 32.5 Å². The Morgan fingerprint density at radius 2 is 2.05 bits per heavy atom. The van der Waals surface area contributed by atoms with E-state index >= 15 is 0 Å². The lowest BCUT2D eigenvalue weighted by molar-refractivity contribution is -0.118. The molecule has 1 aromatic carbocycles. The third-order valence-electron chi connectivity index (χ3n) is 3.99. The molecule has 2 N–H and O–H groups in total. The van der Waals surface area contributed by atoms with Crippen LogP contribution in [0.4, 0.5) is 5.69 Å². The van der Waals surface area contributed by atoms with Crippen molar-refractivity contribution in [1.29, 1.82) is 0 Å². The van der Waals surface area contributed by atoms with Crippen molar-refractivity contribution in [2.75, 3.05) is 5.32 Å². The second kappa shape index (κ2) is 6.15. The number of pyridine rings is 1. The van der Waals surface area contributed by atoms with Crippen LogP contribution >= 0.6 is 0 Å². The number of anilines is 1. The SMILES string of the molecule is CCn1cc(NC(=O)C2Cc3ccccc3CN2)ccc1=O. The molecule has 0 spiro atoms. The van der Waals surface area contributed by atoms with Gasteiger partial charge in [-0.25, -0.2) is 0 Å². The minimum absolute atomic E-state index is 0.0646. The van der Waals surface area contributed by atoms with Crippen LogP contribution in [0, 0.1) is 0 Å². The average Bonchev–Trinajstić information content (AvgIpc) is 2.56. The van der Waals surface area contributed by atoms with E-state index in [0.29, 0.717) is 25.2 Å². The normalized spacial score (nSPS) is 16.9. The zero-order chi connectivity index (χ0) is 15.5. The molecule has 114 valence electrons. The lowest BCUT2D eigenvalue weighted by atomic mass is 9.95. The summed E-state index contributed by atoms with van der Waals surface area (Å²) in [6.07, 6.45) is 2.35. The van der Waals surface area contributed by atoms with Crippen molar-refractivity contribution in [1.82, 2.24) is 9.88 Å². The lowest BCUT2D eigenvalue weighted by Gasteiger charge is -2.25. The van der Waals surface area contributed by atoms with Crippen molar-refractivity contribution >= 4 is 11.6 Å². The summed E-state index contributed by atoms with van der Waals surface area (Å²) in [7, 11) is 0. The van der Waals surface area contributed by atoms with Crippen molar-refractivity contribution in [3.63, 3.8) is 0 Å². The van der Waals surface area contributed by atoms with Crippen LogP contribution < -0.4 is 16.2 Å². The molecule has 2 aromatic rings. The topological polar surface area (TPSA) is 63.1 Å². The van der Waals surface area contributed by atoms with E-state index < -0.39 is 0 Å². The summed E-state index contributed by atoms with van der Waals surface area (Å²) in [5, 5.41) is 6.14. The maximum atomic E-state index is 12.4. The summed E-state index contributed by atoms with van der Waals surface area (Å²) >= 11 is 0. The fourth-order valence-corrected chi connectivity index (χ4v) is 2.72. The number of amides is 1. The predicted octanol–water partition coefficient (Wildman–Crippen LogP) is 1.52. The molecule has 1 amide bonds. The molecule has 0 aliphatic carbocycles. The van der Waals surface area contributed by atoms with E-state index in [9.17, 15) is 9.59 Å². The van der Waals surface area contributed by atoms with Crippen LogP contribution in [0.15, 0.2) is 47.4 Å².